The van der Waals surface area contributed by atoms with Gasteiger partial charge in [0.1, 0.15) is 11.2 Å². The molecular weight excluding hydrogens is 739 g/mol. The number of anilines is 3. The summed E-state index contributed by atoms with van der Waals surface area (Å²) in [6, 6.07) is 71.9. The summed E-state index contributed by atoms with van der Waals surface area (Å²) in [5.74, 6) is 0. The molecule has 0 N–H and O–H groups in total. The molecule has 1 heterocycles. The Balaban J connectivity index is 1.09. The smallest absolute Gasteiger partial charge is 0.143 e. The molecule has 0 radical (unpaired) electrons. The van der Waals surface area contributed by atoms with Crippen LogP contribution >= 0.6 is 0 Å². The molecule has 12 rings (SSSR count). The maximum atomic E-state index is 9.70. The molecule has 0 unspecified atom stereocenters. The first-order chi connectivity index (χ1) is 31.9. The summed E-state index contributed by atoms with van der Waals surface area (Å²) in [5, 5.41) is 4.26. The number of hydrogen-bond donors (Lipinski definition) is 0. The highest BCUT2D eigenvalue weighted by molar-refractivity contribution is 6.19. The van der Waals surface area contributed by atoms with Gasteiger partial charge in [0, 0.05) is 33.2 Å². The van der Waals surface area contributed by atoms with Gasteiger partial charge in [-0.05, 0) is 110 Å². The zero-order valence-corrected chi connectivity index (χ0v) is 33.1. The summed E-state index contributed by atoms with van der Waals surface area (Å²) < 4.78 is 44.8. The lowest BCUT2D eigenvalue weighted by Crippen LogP contribution is -2.28. The first-order valence-corrected chi connectivity index (χ1v) is 20.7. The molecule has 0 aliphatic heterocycles. The molecule has 0 saturated heterocycles. The highest BCUT2D eigenvalue weighted by Crippen LogP contribution is 2.57. The molecule has 0 saturated carbocycles. The predicted octanol–water partition coefficient (Wildman–Crippen LogP) is 15.9. The zero-order chi connectivity index (χ0) is 43.8. The van der Waals surface area contributed by atoms with Crippen LogP contribution in [0.25, 0.3) is 66.1 Å². The number of furan rings is 1. The van der Waals surface area contributed by atoms with Crippen molar-refractivity contribution in [3.05, 3.63) is 259 Å². The fourth-order valence-electron chi connectivity index (χ4n) is 9.73. The SMILES string of the molecule is [2H]c1c([2H])c(N(c2ccc(-c3cccc4oc5c6ccccc6ccc5c34)cc2)c2ccc3c(c2)C(c2ccccc2)(c2ccccc2)c2ccccc2-3)c([2H])c([2H])c1-c1ccccc1. The molecule has 11 aromatic rings. The minimum atomic E-state index is -0.691. The Hall–Kier alpha value is -7.94. The number of fused-ring (bicyclic) bond motifs is 8. The van der Waals surface area contributed by atoms with Crippen molar-refractivity contribution in [3.8, 4) is 33.4 Å². The lowest BCUT2D eigenvalue weighted by atomic mass is 9.67. The Morgan fingerprint density at radius 1 is 0.393 bits per heavy atom. The summed E-state index contributed by atoms with van der Waals surface area (Å²) in [7, 11) is 0. The van der Waals surface area contributed by atoms with Gasteiger partial charge in [-0.25, -0.2) is 0 Å². The van der Waals surface area contributed by atoms with E-state index in [1.807, 2.05) is 83.8 Å². The van der Waals surface area contributed by atoms with Gasteiger partial charge in [0.05, 0.1) is 10.9 Å². The lowest BCUT2D eigenvalue weighted by Gasteiger charge is -2.35. The largest absolute Gasteiger partial charge is 0.455 e. The van der Waals surface area contributed by atoms with Crippen LogP contribution in [0, 0.1) is 0 Å². The highest BCUT2D eigenvalue weighted by Gasteiger charge is 2.46. The van der Waals surface area contributed by atoms with Crippen molar-refractivity contribution in [1.82, 2.24) is 0 Å². The van der Waals surface area contributed by atoms with E-state index in [0.29, 0.717) is 16.9 Å². The van der Waals surface area contributed by atoms with Crippen molar-refractivity contribution < 1.29 is 9.90 Å². The van der Waals surface area contributed by atoms with Crippen molar-refractivity contribution >= 4 is 49.8 Å². The Kier molecular flexibility index (Phi) is 7.18. The number of nitrogens with zero attached hydrogens (tertiary/aromatic N) is 1. The van der Waals surface area contributed by atoms with Crippen molar-refractivity contribution in [2.75, 3.05) is 4.90 Å². The molecule has 0 bridgehead atoms. The monoisotopic (exact) mass is 781 g/mol. The number of benzene rings is 10. The molecule has 0 atom stereocenters. The van der Waals surface area contributed by atoms with Crippen molar-refractivity contribution in [2.24, 2.45) is 0 Å². The average molecular weight is 782 g/mol. The van der Waals surface area contributed by atoms with E-state index in [1.165, 1.54) is 5.56 Å². The van der Waals surface area contributed by atoms with Crippen LogP contribution < -0.4 is 4.90 Å². The summed E-state index contributed by atoms with van der Waals surface area (Å²) in [6.45, 7) is 0. The van der Waals surface area contributed by atoms with Crippen LogP contribution in [-0.2, 0) is 5.41 Å². The molecule has 0 amide bonds. The third kappa shape index (κ3) is 5.50. The Labute approximate surface area is 360 Å². The molecule has 1 aliphatic carbocycles. The van der Waals surface area contributed by atoms with E-state index < -0.39 is 5.41 Å². The van der Waals surface area contributed by atoms with Crippen molar-refractivity contribution in [1.29, 1.82) is 0 Å². The normalized spacial score (nSPS) is 13.6. The topological polar surface area (TPSA) is 16.4 Å². The Morgan fingerprint density at radius 2 is 1.02 bits per heavy atom. The van der Waals surface area contributed by atoms with Gasteiger partial charge in [-0.1, -0.05) is 188 Å². The Morgan fingerprint density at radius 3 is 1.77 bits per heavy atom. The summed E-state index contributed by atoms with van der Waals surface area (Å²) >= 11 is 0. The molecule has 1 aliphatic rings. The lowest BCUT2D eigenvalue weighted by molar-refractivity contribution is 0.673. The molecule has 0 spiro atoms. The first kappa shape index (κ1) is 31.0. The maximum Gasteiger partial charge on any atom is 0.143 e. The minimum absolute atomic E-state index is 0.101. The third-order valence-corrected chi connectivity index (χ3v) is 12.4. The second-order valence-electron chi connectivity index (χ2n) is 15.7. The van der Waals surface area contributed by atoms with Gasteiger partial charge in [-0.15, -0.1) is 0 Å². The van der Waals surface area contributed by atoms with Gasteiger partial charge in [-0.3, -0.25) is 0 Å². The summed E-state index contributed by atoms with van der Waals surface area (Å²) in [5.41, 5.74) is 12.2. The molecule has 1 aromatic heterocycles. The standard InChI is InChI=1S/C59H39NO/c1-4-15-40(16-5-1)41-27-32-46(33-28-41)60(47-34-29-43(30-35-47)49-24-14-26-56-57(49)53-37-31-42-17-10-11-22-50(42)58(53)61-56)48-36-38-52-51-23-12-13-25-54(51)59(55(52)39-48,44-18-6-2-7-19-44)45-20-8-3-9-21-45/h1-39H/i27D,28D,32D,33D. The van der Waals surface area contributed by atoms with E-state index in [1.54, 1.807) is 0 Å². The molecular formula is C59H39NO. The van der Waals surface area contributed by atoms with Gasteiger partial charge in [0.25, 0.3) is 0 Å². The number of hydrogen-bond acceptors (Lipinski definition) is 2. The van der Waals surface area contributed by atoms with Crippen LogP contribution in [0.15, 0.2) is 241 Å². The van der Waals surface area contributed by atoms with Gasteiger partial charge in [-0.2, -0.15) is 0 Å². The van der Waals surface area contributed by atoms with Gasteiger partial charge in [0.2, 0.25) is 0 Å². The molecule has 10 aromatic carbocycles. The molecule has 286 valence electrons. The molecule has 2 heteroatoms. The zero-order valence-electron chi connectivity index (χ0n) is 37.1. The average Bonchev–Trinajstić information content (AvgIpc) is 3.90. The highest BCUT2D eigenvalue weighted by atomic mass is 16.3. The fraction of sp³-hybridized carbons (Fsp3) is 0.0169. The first-order valence-electron chi connectivity index (χ1n) is 22.7. The summed E-state index contributed by atoms with van der Waals surface area (Å²) in [4.78, 5) is 1.91. The van der Waals surface area contributed by atoms with Gasteiger partial charge < -0.3 is 9.32 Å². The number of rotatable bonds is 7. The van der Waals surface area contributed by atoms with Crippen LogP contribution in [0.1, 0.15) is 27.7 Å². The van der Waals surface area contributed by atoms with E-state index in [9.17, 15) is 5.48 Å². The van der Waals surface area contributed by atoms with Crippen LogP contribution in [0.3, 0.4) is 0 Å². The van der Waals surface area contributed by atoms with E-state index in [0.717, 1.165) is 71.7 Å². The summed E-state index contributed by atoms with van der Waals surface area (Å²) in [6.07, 6.45) is 0. The molecule has 2 nitrogen and oxygen atoms in total. The van der Waals surface area contributed by atoms with Crippen molar-refractivity contribution in [3.63, 3.8) is 0 Å². The van der Waals surface area contributed by atoms with E-state index >= 15 is 0 Å². The van der Waals surface area contributed by atoms with E-state index in [4.69, 9.17) is 4.42 Å². The van der Waals surface area contributed by atoms with Gasteiger partial charge in [0.15, 0.2) is 0 Å². The Bertz CT molecular complexity index is 3570. The maximum absolute atomic E-state index is 9.70. The second kappa shape index (κ2) is 14.1. The van der Waals surface area contributed by atoms with Crippen LogP contribution in [0.4, 0.5) is 17.1 Å². The minimum Gasteiger partial charge on any atom is -0.455 e. The molecule has 0 fully saturated rings. The van der Waals surface area contributed by atoms with Crippen LogP contribution in [0.2, 0.25) is 0 Å². The fourth-order valence-corrected chi connectivity index (χ4v) is 9.73. The van der Waals surface area contributed by atoms with Gasteiger partial charge >= 0.3 is 0 Å². The van der Waals surface area contributed by atoms with E-state index in [2.05, 4.69) is 133 Å². The van der Waals surface area contributed by atoms with E-state index in [-0.39, 0.29) is 35.4 Å². The predicted molar refractivity (Wildman–Crippen MR) is 254 cm³/mol. The molecule has 61 heavy (non-hydrogen) atoms. The second-order valence-corrected chi connectivity index (χ2v) is 15.7. The van der Waals surface area contributed by atoms with Crippen LogP contribution in [-0.4, -0.2) is 0 Å². The van der Waals surface area contributed by atoms with Crippen LogP contribution in [0.5, 0.6) is 0 Å². The third-order valence-electron chi connectivity index (χ3n) is 12.4. The van der Waals surface area contributed by atoms with Crippen molar-refractivity contribution in [2.45, 2.75) is 5.41 Å². The quantitative estimate of drug-likeness (QED) is 0.160.